The molecule has 3 heterocycles. The Morgan fingerprint density at radius 1 is 1.15 bits per heavy atom. The highest BCUT2D eigenvalue weighted by molar-refractivity contribution is 7.10. The molecule has 1 N–H and O–H groups in total. The molecule has 27 heavy (non-hydrogen) atoms. The number of hydrogen-bond acceptors (Lipinski definition) is 4. The van der Waals surface area contributed by atoms with Crippen molar-refractivity contribution >= 4 is 11.3 Å². The van der Waals surface area contributed by atoms with Gasteiger partial charge < -0.3 is 14.5 Å². The number of likely N-dealkylation sites (N-methyl/N-ethyl adjacent to an activating group) is 1. The quantitative estimate of drug-likeness (QED) is 0.534. The summed E-state index contributed by atoms with van der Waals surface area (Å²) in [6.45, 7) is 2.99. The van der Waals surface area contributed by atoms with Crippen LogP contribution < -0.4 is 0 Å². The molecule has 0 aliphatic carbocycles. The Kier molecular flexibility index (Phi) is 4.92. The third-order valence-electron chi connectivity index (χ3n) is 4.80. The van der Waals surface area contributed by atoms with Gasteiger partial charge in [0.05, 0.1) is 18.1 Å². The zero-order valence-corrected chi connectivity index (χ0v) is 16.6. The standard InChI is InChI=1S/C21H23N5S/c1-15-9-12-27-20(15)17(25(2)3)13-26-14-24-18(16-7-5-4-6-8-16)19(26)21-22-10-11-23-21/h4-12,14,17H,13H2,1-3H3,(H,22,23)/t17-/m1/s1. The largest absolute Gasteiger partial charge is 0.343 e. The summed E-state index contributed by atoms with van der Waals surface area (Å²) in [7, 11) is 4.26. The van der Waals surface area contributed by atoms with E-state index < -0.39 is 0 Å². The second-order valence-electron chi connectivity index (χ2n) is 6.85. The number of benzene rings is 1. The molecule has 3 aromatic heterocycles. The van der Waals surface area contributed by atoms with Gasteiger partial charge in [0.25, 0.3) is 0 Å². The van der Waals surface area contributed by atoms with Gasteiger partial charge in [0.15, 0.2) is 5.82 Å². The molecule has 0 saturated carbocycles. The van der Waals surface area contributed by atoms with Gasteiger partial charge in [-0.1, -0.05) is 30.3 Å². The van der Waals surface area contributed by atoms with E-state index in [2.05, 4.69) is 64.0 Å². The minimum atomic E-state index is 0.275. The van der Waals surface area contributed by atoms with E-state index in [4.69, 9.17) is 4.98 Å². The third-order valence-corrected chi connectivity index (χ3v) is 5.92. The first-order chi connectivity index (χ1) is 13.1. The van der Waals surface area contributed by atoms with Crippen LogP contribution in [-0.4, -0.2) is 38.5 Å². The summed E-state index contributed by atoms with van der Waals surface area (Å²) >= 11 is 1.81. The topological polar surface area (TPSA) is 49.7 Å². The van der Waals surface area contributed by atoms with Crippen molar-refractivity contribution in [2.45, 2.75) is 19.5 Å². The Morgan fingerprint density at radius 2 is 1.96 bits per heavy atom. The molecule has 4 aromatic rings. The van der Waals surface area contributed by atoms with E-state index in [1.165, 1.54) is 10.4 Å². The number of aromatic amines is 1. The second kappa shape index (κ2) is 7.50. The van der Waals surface area contributed by atoms with E-state index in [0.717, 1.165) is 29.3 Å². The van der Waals surface area contributed by atoms with E-state index in [1.54, 1.807) is 6.20 Å². The maximum Gasteiger partial charge on any atom is 0.156 e. The van der Waals surface area contributed by atoms with Gasteiger partial charge in [-0.25, -0.2) is 9.97 Å². The van der Waals surface area contributed by atoms with Crippen LogP contribution in [0.25, 0.3) is 22.8 Å². The van der Waals surface area contributed by atoms with Crippen LogP contribution in [0.5, 0.6) is 0 Å². The van der Waals surface area contributed by atoms with Crippen LogP contribution in [0.3, 0.4) is 0 Å². The fraction of sp³-hybridized carbons (Fsp3) is 0.238. The number of H-pyrrole nitrogens is 1. The molecular weight excluding hydrogens is 354 g/mol. The molecule has 0 fully saturated rings. The van der Waals surface area contributed by atoms with Crippen LogP contribution >= 0.6 is 11.3 Å². The molecule has 1 aromatic carbocycles. The molecule has 0 spiro atoms. The minimum Gasteiger partial charge on any atom is -0.343 e. The predicted octanol–water partition coefficient (Wildman–Crippen LogP) is 4.61. The summed E-state index contributed by atoms with van der Waals surface area (Å²) in [6.07, 6.45) is 5.57. The molecule has 4 rings (SSSR count). The molecule has 0 bridgehead atoms. The zero-order chi connectivity index (χ0) is 18.8. The van der Waals surface area contributed by atoms with E-state index in [-0.39, 0.29) is 6.04 Å². The maximum atomic E-state index is 4.75. The van der Waals surface area contributed by atoms with Gasteiger partial charge in [0.2, 0.25) is 0 Å². The summed E-state index contributed by atoms with van der Waals surface area (Å²) < 4.78 is 2.21. The Hall–Kier alpha value is -2.70. The van der Waals surface area contributed by atoms with Crippen molar-refractivity contribution in [3.05, 3.63) is 70.9 Å². The number of nitrogens with zero attached hydrogens (tertiary/aromatic N) is 4. The normalized spacial score (nSPS) is 12.6. The van der Waals surface area contributed by atoms with Crippen LogP contribution in [0.15, 0.2) is 60.5 Å². The van der Waals surface area contributed by atoms with Gasteiger partial charge in [-0.05, 0) is 38.0 Å². The third kappa shape index (κ3) is 3.46. The maximum absolute atomic E-state index is 4.75. The molecule has 5 nitrogen and oxygen atoms in total. The lowest BCUT2D eigenvalue weighted by atomic mass is 10.1. The highest BCUT2D eigenvalue weighted by Gasteiger charge is 2.23. The molecule has 0 amide bonds. The van der Waals surface area contributed by atoms with Gasteiger partial charge >= 0.3 is 0 Å². The molecule has 0 aliphatic rings. The lowest BCUT2D eigenvalue weighted by molar-refractivity contribution is 0.273. The molecule has 1 atom stereocenters. The molecule has 6 heteroatoms. The number of hydrogen-bond donors (Lipinski definition) is 1. The Morgan fingerprint density at radius 3 is 2.59 bits per heavy atom. The minimum absolute atomic E-state index is 0.275. The van der Waals surface area contributed by atoms with Gasteiger partial charge in [0.1, 0.15) is 5.69 Å². The lowest BCUT2D eigenvalue weighted by Crippen LogP contribution is -2.24. The van der Waals surface area contributed by atoms with E-state index >= 15 is 0 Å². The molecule has 0 radical (unpaired) electrons. The summed E-state index contributed by atoms with van der Waals surface area (Å²) in [4.78, 5) is 16.2. The molecular formula is C21H23N5S. The second-order valence-corrected chi connectivity index (χ2v) is 7.79. The Labute approximate surface area is 163 Å². The van der Waals surface area contributed by atoms with Crippen LogP contribution in [-0.2, 0) is 6.54 Å². The smallest absolute Gasteiger partial charge is 0.156 e. The molecule has 0 unspecified atom stereocenters. The van der Waals surface area contributed by atoms with Gasteiger partial charge in [-0.15, -0.1) is 11.3 Å². The monoisotopic (exact) mass is 377 g/mol. The number of nitrogens with one attached hydrogen (secondary N) is 1. The first kappa shape index (κ1) is 17.7. The molecule has 0 saturated heterocycles. The van der Waals surface area contributed by atoms with Crippen molar-refractivity contribution in [3.8, 4) is 22.8 Å². The number of thiophene rings is 1. The van der Waals surface area contributed by atoms with Crippen molar-refractivity contribution in [3.63, 3.8) is 0 Å². The summed E-state index contributed by atoms with van der Waals surface area (Å²) in [5.41, 5.74) is 4.40. The number of aromatic nitrogens is 4. The number of rotatable bonds is 6. The van der Waals surface area contributed by atoms with Gasteiger partial charge in [-0.2, -0.15) is 0 Å². The van der Waals surface area contributed by atoms with Crippen LogP contribution in [0.2, 0.25) is 0 Å². The average Bonchev–Trinajstić information content (AvgIpc) is 3.41. The lowest BCUT2D eigenvalue weighted by Gasteiger charge is -2.25. The fourth-order valence-electron chi connectivity index (χ4n) is 3.36. The highest BCUT2D eigenvalue weighted by Crippen LogP contribution is 2.33. The summed E-state index contributed by atoms with van der Waals surface area (Å²) in [5.74, 6) is 0.840. The average molecular weight is 378 g/mol. The molecule has 0 aliphatic heterocycles. The van der Waals surface area contributed by atoms with E-state index in [9.17, 15) is 0 Å². The summed E-state index contributed by atoms with van der Waals surface area (Å²) in [6, 6.07) is 12.7. The first-order valence-corrected chi connectivity index (χ1v) is 9.84. The van der Waals surface area contributed by atoms with Crippen molar-refractivity contribution in [1.29, 1.82) is 0 Å². The van der Waals surface area contributed by atoms with E-state index in [0.29, 0.717) is 0 Å². The zero-order valence-electron chi connectivity index (χ0n) is 15.8. The SMILES string of the molecule is Cc1ccsc1[C@@H](Cn1cnc(-c2ccccc2)c1-c1ncc[nH]1)N(C)C. The number of aryl methyl sites for hydroxylation is 1. The van der Waals surface area contributed by atoms with E-state index in [1.807, 2.05) is 42.1 Å². The first-order valence-electron chi connectivity index (χ1n) is 8.96. The predicted molar refractivity (Wildman–Crippen MR) is 111 cm³/mol. The Balaban J connectivity index is 1.79. The highest BCUT2D eigenvalue weighted by atomic mass is 32.1. The fourth-order valence-corrected chi connectivity index (χ4v) is 4.48. The van der Waals surface area contributed by atoms with Crippen molar-refractivity contribution in [2.75, 3.05) is 14.1 Å². The van der Waals surface area contributed by atoms with Gasteiger partial charge in [0, 0.05) is 29.4 Å². The van der Waals surface area contributed by atoms with Crippen molar-refractivity contribution in [1.82, 2.24) is 24.4 Å². The van der Waals surface area contributed by atoms with Crippen molar-refractivity contribution in [2.24, 2.45) is 0 Å². The van der Waals surface area contributed by atoms with Crippen LogP contribution in [0.1, 0.15) is 16.5 Å². The summed E-state index contributed by atoms with van der Waals surface area (Å²) in [5, 5.41) is 2.16. The molecule has 138 valence electrons. The Bertz CT molecular complexity index is 999. The van der Waals surface area contributed by atoms with Crippen LogP contribution in [0, 0.1) is 6.92 Å². The number of imidazole rings is 2. The van der Waals surface area contributed by atoms with Gasteiger partial charge in [-0.3, -0.25) is 0 Å². The van der Waals surface area contributed by atoms with Crippen molar-refractivity contribution < 1.29 is 0 Å². The van der Waals surface area contributed by atoms with Crippen LogP contribution in [0.4, 0.5) is 0 Å².